The third kappa shape index (κ3) is 10.5. The van der Waals surface area contributed by atoms with Crippen molar-refractivity contribution in [3.63, 3.8) is 0 Å². The van der Waals surface area contributed by atoms with Gasteiger partial charge in [0, 0.05) is 32.8 Å². The van der Waals surface area contributed by atoms with Gasteiger partial charge in [-0.25, -0.2) is 14.6 Å². The molecule has 1 unspecified atom stereocenters. The molecule has 3 heterocycles. The maximum absolute atomic E-state index is 13.9. The molecule has 0 saturated heterocycles. The zero-order valence-corrected chi connectivity index (χ0v) is 29.9. The van der Waals surface area contributed by atoms with E-state index in [-0.39, 0.29) is 62.9 Å². The minimum absolute atomic E-state index is 0.00844. The number of aromatic nitrogens is 6. The number of ether oxygens (including phenoxy) is 5. The molecule has 0 spiro atoms. The number of carbonyl (C=O) groups is 1. The van der Waals surface area contributed by atoms with Crippen LogP contribution >= 0.6 is 0 Å². The van der Waals surface area contributed by atoms with E-state index < -0.39 is 35.4 Å². The zero-order chi connectivity index (χ0) is 37.6. The molecule has 0 aliphatic carbocycles. The normalized spacial score (nSPS) is 12.1. The Morgan fingerprint density at radius 1 is 0.961 bits per heavy atom. The van der Waals surface area contributed by atoms with Crippen LogP contribution in [0.3, 0.4) is 0 Å². The maximum Gasteiger partial charge on any atom is 0.510 e. The molecule has 0 N–H and O–H groups in total. The molecular weight excluding hydrogens is 677 g/mol. The van der Waals surface area contributed by atoms with E-state index in [0.717, 1.165) is 16.7 Å². The summed E-state index contributed by atoms with van der Waals surface area (Å²) in [6.07, 6.45) is -2.94. The number of aryl methyl sites for hydroxylation is 1. The number of hydrogen-bond donors (Lipinski definition) is 0. The Kier molecular flexibility index (Phi) is 15.9. The van der Waals surface area contributed by atoms with E-state index in [1.54, 1.807) is 33.2 Å². The lowest BCUT2D eigenvalue weighted by Gasteiger charge is -2.20. The molecule has 0 aliphatic heterocycles. The Morgan fingerprint density at radius 3 is 2.27 bits per heavy atom. The van der Waals surface area contributed by atoms with Gasteiger partial charge in [0.05, 0.1) is 56.9 Å². The summed E-state index contributed by atoms with van der Waals surface area (Å²) >= 11 is 0. The van der Waals surface area contributed by atoms with Crippen LogP contribution in [0.5, 0.6) is 0 Å². The van der Waals surface area contributed by atoms with Gasteiger partial charge in [0.25, 0.3) is 5.56 Å². The van der Waals surface area contributed by atoms with Gasteiger partial charge in [-0.05, 0) is 31.0 Å². The van der Waals surface area contributed by atoms with Crippen LogP contribution in [0.1, 0.15) is 64.8 Å². The highest BCUT2D eigenvalue weighted by atomic mass is 19.4. The van der Waals surface area contributed by atoms with Crippen LogP contribution in [0.25, 0.3) is 22.6 Å². The molecule has 0 amide bonds. The first-order valence-electron chi connectivity index (χ1n) is 17.0. The number of alkyl halides is 3. The first-order chi connectivity index (χ1) is 24.5. The average molecular weight is 725 g/mol. The summed E-state index contributed by atoms with van der Waals surface area (Å²) in [5.41, 5.74) is -1.08. The molecule has 17 heteroatoms. The largest absolute Gasteiger partial charge is 0.510 e. The molecule has 51 heavy (non-hydrogen) atoms. The lowest BCUT2D eigenvalue weighted by atomic mass is 10.1. The monoisotopic (exact) mass is 724 g/mol. The molecule has 4 rings (SSSR count). The predicted octanol–water partition coefficient (Wildman–Crippen LogP) is 5.49. The molecule has 1 atom stereocenters. The topological polar surface area (TPSA) is 143 Å². The van der Waals surface area contributed by atoms with Crippen molar-refractivity contribution >= 4 is 17.3 Å². The molecule has 0 radical (unpaired) electrons. The lowest BCUT2D eigenvalue weighted by Crippen LogP contribution is -2.40. The summed E-state index contributed by atoms with van der Waals surface area (Å²) in [6, 6.07) is 4.90. The van der Waals surface area contributed by atoms with E-state index in [1.807, 2.05) is 20.8 Å². The second-order valence-electron chi connectivity index (χ2n) is 10.9. The minimum atomic E-state index is -4.50. The molecule has 282 valence electrons. The van der Waals surface area contributed by atoms with Crippen LogP contribution in [0.15, 0.2) is 46.2 Å². The first kappa shape index (κ1) is 40.9. The quantitative estimate of drug-likeness (QED) is 0.0956. The molecule has 4 aromatic rings. The number of benzene rings is 1. The molecule has 14 nitrogen and oxygen atoms in total. The summed E-state index contributed by atoms with van der Waals surface area (Å²) in [6.45, 7) is 11.2. The maximum atomic E-state index is 13.9. The van der Waals surface area contributed by atoms with Crippen molar-refractivity contribution in [1.82, 2.24) is 28.5 Å². The molecule has 3 aromatic heterocycles. The molecule has 0 fully saturated rings. The van der Waals surface area contributed by atoms with Crippen molar-refractivity contribution in [2.45, 2.75) is 79.5 Å². The van der Waals surface area contributed by atoms with E-state index in [2.05, 4.69) is 10.1 Å². The average Bonchev–Trinajstić information content (AvgIpc) is 3.74. The number of nitrogens with zero attached hydrogens (tertiary/aromatic N) is 6. The van der Waals surface area contributed by atoms with Crippen molar-refractivity contribution in [3.8, 4) is 11.4 Å². The van der Waals surface area contributed by atoms with Gasteiger partial charge in [0.2, 0.25) is 0 Å². The highest BCUT2D eigenvalue weighted by molar-refractivity contribution is 5.77. The number of rotatable bonds is 18. The predicted molar refractivity (Wildman–Crippen MR) is 183 cm³/mol. The Balaban J connectivity index is 0.00000345. The summed E-state index contributed by atoms with van der Waals surface area (Å²) in [7, 11) is 1.57. The second kappa shape index (κ2) is 19.8. The minimum Gasteiger partial charge on any atom is -0.432 e. The van der Waals surface area contributed by atoms with Crippen LogP contribution in [0.2, 0.25) is 0 Å². The van der Waals surface area contributed by atoms with E-state index in [9.17, 15) is 27.6 Å². The number of fused-ring (bicyclic) bond motifs is 1. The fraction of sp³-hybridized carbons (Fsp3) is 0.559. The Bertz CT molecular complexity index is 1810. The molecule has 0 saturated carbocycles. The molecule has 1 aromatic carbocycles. The van der Waals surface area contributed by atoms with Crippen molar-refractivity contribution in [2.24, 2.45) is 0 Å². The zero-order valence-electron chi connectivity index (χ0n) is 29.9. The van der Waals surface area contributed by atoms with E-state index >= 15 is 0 Å². The summed E-state index contributed by atoms with van der Waals surface area (Å²) < 4.78 is 71.8. The van der Waals surface area contributed by atoms with Crippen LogP contribution in [0.4, 0.5) is 18.0 Å². The fourth-order valence-electron chi connectivity index (χ4n) is 5.16. The smallest absolute Gasteiger partial charge is 0.432 e. The Morgan fingerprint density at radius 2 is 1.65 bits per heavy atom. The van der Waals surface area contributed by atoms with Crippen molar-refractivity contribution in [3.05, 3.63) is 68.6 Å². The second-order valence-corrected chi connectivity index (χ2v) is 10.9. The number of methoxy groups -OCH3 is 1. The van der Waals surface area contributed by atoms with E-state index in [1.165, 1.54) is 26.1 Å². The number of halogens is 3. The Hall–Kier alpha value is -4.48. The van der Waals surface area contributed by atoms with Crippen LogP contribution in [-0.4, -0.2) is 81.4 Å². The van der Waals surface area contributed by atoms with Gasteiger partial charge < -0.3 is 23.7 Å². The highest BCUT2D eigenvalue weighted by Gasteiger charge is 2.31. The van der Waals surface area contributed by atoms with Gasteiger partial charge in [-0.2, -0.15) is 18.3 Å². The summed E-state index contributed by atoms with van der Waals surface area (Å²) in [5.74, 6) is 0.162. The van der Waals surface area contributed by atoms with Crippen LogP contribution in [-0.2, 0) is 49.5 Å². The molecule has 0 bridgehead atoms. The third-order valence-corrected chi connectivity index (χ3v) is 7.43. The summed E-state index contributed by atoms with van der Waals surface area (Å²) in [5, 5.41) is 4.32. The van der Waals surface area contributed by atoms with Gasteiger partial charge >= 0.3 is 18.0 Å². The van der Waals surface area contributed by atoms with Crippen LogP contribution in [0, 0.1) is 0 Å². The van der Waals surface area contributed by atoms with Gasteiger partial charge in [-0.15, -0.1) is 0 Å². The Labute approximate surface area is 293 Å². The molecule has 0 aliphatic rings. The van der Waals surface area contributed by atoms with Crippen molar-refractivity contribution < 1.29 is 41.7 Å². The van der Waals surface area contributed by atoms with Gasteiger partial charge in [-0.1, -0.05) is 39.8 Å². The number of hydrogen-bond acceptors (Lipinski definition) is 10. The number of imidazole rings is 1. The summed E-state index contributed by atoms with van der Waals surface area (Å²) in [4.78, 5) is 44.7. The fourth-order valence-corrected chi connectivity index (χ4v) is 5.16. The van der Waals surface area contributed by atoms with E-state index in [0.29, 0.717) is 37.4 Å². The third-order valence-electron chi connectivity index (χ3n) is 7.43. The van der Waals surface area contributed by atoms with Crippen molar-refractivity contribution in [1.29, 1.82) is 0 Å². The van der Waals surface area contributed by atoms with E-state index in [4.69, 9.17) is 23.7 Å². The molecular formula is C34H47F3N6O8. The first-order valence-corrected chi connectivity index (χ1v) is 17.0. The standard InChI is InChI=1S/C32H41F3N6O8.C2H6/c1-5-11-40-29(42)26-28(39(7-3)30(40)43)37-27(23-19-36-38(21-23)20-22-9-8-10-24(18-22)32(33,34)35)41(26)25(6-2)49-31(44)48-17-16-47-15-14-46-13-12-45-4;1-2/h8-10,18-19,21,25H,5-7,11-17,20H2,1-4H3;1-2H3. The van der Waals surface area contributed by atoms with Gasteiger partial charge in [-0.3, -0.25) is 23.2 Å². The highest BCUT2D eigenvalue weighted by Crippen LogP contribution is 2.31. The number of carbonyl (C=O) groups excluding carboxylic acids is 1. The van der Waals surface area contributed by atoms with Gasteiger partial charge in [0.1, 0.15) is 12.4 Å². The lowest BCUT2D eigenvalue weighted by molar-refractivity contribution is -0.137. The SMILES string of the molecule is CC.CCCn1c(=O)c2c(nc(-c3cnn(Cc4cccc(C(F)(F)F)c4)c3)n2C(CC)OC(=O)OCCOCCOCCOC)n(CC)c1=O. The van der Waals surface area contributed by atoms with Crippen molar-refractivity contribution in [2.75, 3.05) is 46.8 Å². The van der Waals surface area contributed by atoms with Gasteiger partial charge in [0.15, 0.2) is 17.4 Å². The van der Waals surface area contributed by atoms with Crippen LogP contribution < -0.4 is 11.2 Å².